The van der Waals surface area contributed by atoms with E-state index in [1.54, 1.807) is 6.07 Å². The Morgan fingerprint density at radius 2 is 2.00 bits per heavy atom. The molecule has 32 heavy (non-hydrogen) atoms. The Hall–Kier alpha value is -3.19. The molecule has 2 aromatic carbocycles. The molecule has 4 amide bonds. The number of nitrogens with one attached hydrogen (secondary N) is 2. The molecule has 0 spiro atoms. The maximum absolute atomic E-state index is 12.8. The van der Waals surface area contributed by atoms with Crippen molar-refractivity contribution < 1.29 is 19.2 Å². The standard InChI is InChI=1S/C24H22ClN3O4/c25-16-3-1-2-14(9-16)18-10-19(18)22(30)26-11-13-4-5-17-15(8-13)12-28(24(17)32)20-6-7-21(29)27-23(20)31/h1-5,8-9,18-20H,6-7,10-12H2,(H,26,30)(H,27,29,31)/t18-,19+,20?/m0/s1. The van der Waals surface area contributed by atoms with Gasteiger partial charge in [0, 0.05) is 36.0 Å². The third kappa shape index (κ3) is 3.88. The van der Waals surface area contributed by atoms with Gasteiger partial charge in [-0.1, -0.05) is 35.9 Å². The zero-order chi connectivity index (χ0) is 22.4. The number of hydrogen-bond acceptors (Lipinski definition) is 4. The van der Waals surface area contributed by atoms with Crippen molar-refractivity contribution >= 4 is 35.2 Å². The molecule has 1 unspecified atom stereocenters. The normalized spacial score (nSPS) is 24.2. The fraction of sp³-hybridized carbons (Fsp3) is 0.333. The number of nitrogens with zero attached hydrogens (tertiary/aromatic N) is 1. The van der Waals surface area contributed by atoms with Gasteiger partial charge < -0.3 is 10.2 Å². The summed E-state index contributed by atoms with van der Waals surface area (Å²) in [5.74, 6) is -0.764. The molecule has 2 aliphatic heterocycles. The van der Waals surface area contributed by atoms with Crippen molar-refractivity contribution in [2.75, 3.05) is 0 Å². The van der Waals surface area contributed by atoms with Gasteiger partial charge in [0.05, 0.1) is 0 Å². The fourth-order valence-corrected chi connectivity index (χ4v) is 4.85. The number of carbonyl (C=O) groups is 4. The Bertz CT molecular complexity index is 1150. The molecular formula is C24H22ClN3O4. The molecular weight excluding hydrogens is 430 g/mol. The minimum atomic E-state index is -0.631. The van der Waals surface area contributed by atoms with Crippen LogP contribution in [0.25, 0.3) is 0 Å². The third-order valence-corrected chi connectivity index (χ3v) is 6.69. The van der Waals surface area contributed by atoms with Gasteiger partial charge >= 0.3 is 0 Å². The molecule has 1 aliphatic carbocycles. The lowest BCUT2D eigenvalue weighted by Gasteiger charge is -2.29. The number of imide groups is 1. The second-order valence-electron chi connectivity index (χ2n) is 8.61. The van der Waals surface area contributed by atoms with Crippen molar-refractivity contribution in [2.45, 2.75) is 44.3 Å². The number of carbonyl (C=O) groups excluding carboxylic acids is 4. The molecule has 7 nitrogen and oxygen atoms in total. The minimum absolute atomic E-state index is 0.0109. The van der Waals surface area contributed by atoms with Crippen LogP contribution in [0.15, 0.2) is 42.5 Å². The lowest BCUT2D eigenvalue weighted by molar-refractivity contribution is -0.137. The van der Waals surface area contributed by atoms with Gasteiger partial charge in [0.25, 0.3) is 5.91 Å². The summed E-state index contributed by atoms with van der Waals surface area (Å²) in [5.41, 5.74) is 3.37. The quantitative estimate of drug-likeness (QED) is 0.683. The lowest BCUT2D eigenvalue weighted by Crippen LogP contribution is -2.52. The highest BCUT2D eigenvalue weighted by Gasteiger charge is 2.44. The summed E-state index contributed by atoms with van der Waals surface area (Å²) < 4.78 is 0. The van der Waals surface area contributed by atoms with Crippen molar-refractivity contribution in [2.24, 2.45) is 5.92 Å². The molecule has 164 valence electrons. The van der Waals surface area contributed by atoms with Crippen LogP contribution in [0.2, 0.25) is 5.02 Å². The fourth-order valence-electron chi connectivity index (χ4n) is 4.65. The van der Waals surface area contributed by atoms with E-state index in [2.05, 4.69) is 10.6 Å². The van der Waals surface area contributed by atoms with E-state index in [0.717, 1.165) is 23.1 Å². The Kier molecular flexibility index (Phi) is 5.21. The highest BCUT2D eigenvalue weighted by atomic mass is 35.5. The molecule has 2 heterocycles. The second-order valence-corrected chi connectivity index (χ2v) is 9.05. The van der Waals surface area contributed by atoms with E-state index in [1.807, 2.05) is 36.4 Å². The second kappa shape index (κ2) is 8.06. The van der Waals surface area contributed by atoms with E-state index in [4.69, 9.17) is 11.6 Å². The largest absolute Gasteiger partial charge is 0.352 e. The van der Waals surface area contributed by atoms with E-state index in [1.165, 1.54) is 4.90 Å². The van der Waals surface area contributed by atoms with Crippen LogP contribution in [0.5, 0.6) is 0 Å². The van der Waals surface area contributed by atoms with Gasteiger partial charge in [-0.05, 0) is 53.6 Å². The Morgan fingerprint density at radius 3 is 2.78 bits per heavy atom. The van der Waals surface area contributed by atoms with Crippen molar-refractivity contribution in [1.82, 2.24) is 15.5 Å². The number of hydrogen-bond donors (Lipinski definition) is 2. The van der Waals surface area contributed by atoms with Crippen LogP contribution in [0.1, 0.15) is 52.2 Å². The van der Waals surface area contributed by atoms with Gasteiger partial charge in [-0.15, -0.1) is 0 Å². The highest BCUT2D eigenvalue weighted by Crippen LogP contribution is 2.48. The summed E-state index contributed by atoms with van der Waals surface area (Å²) in [6.45, 7) is 0.694. The van der Waals surface area contributed by atoms with Crippen molar-refractivity contribution in [3.05, 3.63) is 69.7 Å². The molecule has 0 bridgehead atoms. The number of fused-ring (bicyclic) bond motifs is 1. The summed E-state index contributed by atoms with van der Waals surface area (Å²) in [5, 5.41) is 5.97. The zero-order valence-electron chi connectivity index (χ0n) is 17.3. The number of rotatable bonds is 5. The first-order valence-corrected chi connectivity index (χ1v) is 11.1. The minimum Gasteiger partial charge on any atom is -0.352 e. The van der Waals surface area contributed by atoms with E-state index >= 15 is 0 Å². The smallest absolute Gasteiger partial charge is 0.255 e. The molecule has 2 fully saturated rings. The summed E-state index contributed by atoms with van der Waals surface area (Å²) in [6, 6.07) is 12.5. The van der Waals surface area contributed by atoms with Crippen molar-refractivity contribution in [3.8, 4) is 0 Å². The monoisotopic (exact) mass is 451 g/mol. The van der Waals surface area contributed by atoms with Gasteiger partial charge in [0.15, 0.2) is 0 Å². The van der Waals surface area contributed by atoms with Gasteiger partial charge in [0.2, 0.25) is 17.7 Å². The van der Waals surface area contributed by atoms with Gasteiger partial charge in [-0.3, -0.25) is 24.5 Å². The molecule has 2 aromatic rings. The Labute approximate surface area is 190 Å². The maximum atomic E-state index is 12.8. The molecule has 0 radical (unpaired) electrons. The van der Waals surface area contributed by atoms with Crippen LogP contribution in [-0.2, 0) is 27.5 Å². The summed E-state index contributed by atoms with van der Waals surface area (Å²) in [7, 11) is 0. The predicted octanol–water partition coefficient (Wildman–Crippen LogP) is 2.52. The average Bonchev–Trinajstić information content (AvgIpc) is 3.51. The lowest BCUT2D eigenvalue weighted by atomic mass is 10.0. The highest BCUT2D eigenvalue weighted by molar-refractivity contribution is 6.30. The first-order valence-electron chi connectivity index (χ1n) is 10.7. The summed E-state index contributed by atoms with van der Waals surface area (Å²) in [6.07, 6.45) is 1.37. The molecule has 3 aliphatic rings. The third-order valence-electron chi connectivity index (χ3n) is 6.46. The molecule has 1 saturated carbocycles. The van der Waals surface area contributed by atoms with Crippen LogP contribution in [0.4, 0.5) is 0 Å². The van der Waals surface area contributed by atoms with Gasteiger partial charge in [-0.25, -0.2) is 0 Å². The summed E-state index contributed by atoms with van der Waals surface area (Å²) in [4.78, 5) is 50.4. The van der Waals surface area contributed by atoms with Crippen LogP contribution >= 0.6 is 11.6 Å². The maximum Gasteiger partial charge on any atom is 0.255 e. The number of piperidine rings is 1. The molecule has 5 rings (SSSR count). The van der Waals surface area contributed by atoms with Gasteiger partial charge in [0.1, 0.15) is 6.04 Å². The first-order chi connectivity index (χ1) is 15.4. The van der Waals surface area contributed by atoms with Crippen LogP contribution < -0.4 is 10.6 Å². The van der Waals surface area contributed by atoms with E-state index in [9.17, 15) is 19.2 Å². The summed E-state index contributed by atoms with van der Waals surface area (Å²) >= 11 is 6.05. The van der Waals surface area contributed by atoms with Crippen molar-refractivity contribution in [1.29, 1.82) is 0 Å². The van der Waals surface area contributed by atoms with Gasteiger partial charge in [-0.2, -0.15) is 0 Å². The molecule has 3 atom stereocenters. The number of amides is 4. The number of benzene rings is 2. The Morgan fingerprint density at radius 1 is 1.16 bits per heavy atom. The van der Waals surface area contributed by atoms with Crippen LogP contribution in [-0.4, -0.2) is 34.6 Å². The molecule has 8 heteroatoms. The molecule has 2 N–H and O–H groups in total. The zero-order valence-corrected chi connectivity index (χ0v) is 18.0. The number of halogens is 1. The van der Waals surface area contributed by atoms with E-state index in [-0.39, 0.29) is 36.0 Å². The van der Waals surface area contributed by atoms with E-state index in [0.29, 0.717) is 30.1 Å². The van der Waals surface area contributed by atoms with E-state index < -0.39 is 11.9 Å². The van der Waals surface area contributed by atoms with Crippen LogP contribution in [0.3, 0.4) is 0 Å². The van der Waals surface area contributed by atoms with Crippen molar-refractivity contribution in [3.63, 3.8) is 0 Å². The SMILES string of the molecule is O=C1CCC(N2Cc3cc(CNC(=O)[C@@H]4C[C@H]4c4cccc(Cl)c4)ccc3C2=O)C(=O)N1. The molecule has 0 aromatic heterocycles. The predicted molar refractivity (Wildman–Crippen MR) is 117 cm³/mol. The molecule has 1 saturated heterocycles. The topological polar surface area (TPSA) is 95.6 Å². The van der Waals surface area contributed by atoms with Crippen LogP contribution in [0, 0.1) is 5.92 Å². The Balaban J connectivity index is 1.20. The first kappa shape index (κ1) is 20.7. The average molecular weight is 452 g/mol.